The molecule has 4 heteroatoms. The molecule has 162 valence electrons. The standard InChI is InChI=1S/C27H31NO3/c1-2-31-26(30)8-4-17-3-6-22(24(28)12-17)21-5-7-25(29)23(13-21)27-14-18-9-19(15-27)11-20(10-18)16-27/h3-8,12-13,18-20,29H,2,9-11,14-16,28H2,1H3/b8-4+. The molecular weight excluding hydrogens is 386 g/mol. The number of phenolic OH excluding ortho intramolecular Hbond substituents is 1. The molecule has 6 rings (SSSR count). The highest BCUT2D eigenvalue weighted by Gasteiger charge is 2.52. The van der Waals surface area contributed by atoms with Crippen molar-refractivity contribution in [3.63, 3.8) is 0 Å². The van der Waals surface area contributed by atoms with Crippen molar-refractivity contribution in [2.45, 2.75) is 50.9 Å². The lowest BCUT2D eigenvalue weighted by Gasteiger charge is -2.57. The van der Waals surface area contributed by atoms with Crippen LogP contribution in [0.25, 0.3) is 17.2 Å². The van der Waals surface area contributed by atoms with E-state index < -0.39 is 0 Å². The Morgan fingerprint density at radius 1 is 1.10 bits per heavy atom. The number of carbonyl (C=O) groups excluding carboxylic acids is 1. The van der Waals surface area contributed by atoms with Gasteiger partial charge in [0.15, 0.2) is 0 Å². The first-order valence-electron chi connectivity index (χ1n) is 11.5. The second-order valence-corrected chi connectivity index (χ2v) is 9.86. The molecule has 0 amide bonds. The molecule has 4 aliphatic carbocycles. The summed E-state index contributed by atoms with van der Waals surface area (Å²) < 4.78 is 4.93. The van der Waals surface area contributed by atoms with Gasteiger partial charge in [0.1, 0.15) is 5.75 Å². The lowest BCUT2D eigenvalue weighted by atomic mass is 9.48. The second-order valence-electron chi connectivity index (χ2n) is 9.86. The number of hydrogen-bond acceptors (Lipinski definition) is 4. The number of aromatic hydroxyl groups is 1. The summed E-state index contributed by atoms with van der Waals surface area (Å²) in [6, 6.07) is 11.8. The van der Waals surface area contributed by atoms with E-state index in [-0.39, 0.29) is 11.4 Å². The molecule has 3 N–H and O–H groups in total. The predicted octanol–water partition coefficient (Wildman–Crippen LogP) is 5.69. The van der Waals surface area contributed by atoms with Crippen LogP contribution in [0.15, 0.2) is 42.5 Å². The Kier molecular flexibility index (Phi) is 5.04. The highest BCUT2D eigenvalue weighted by molar-refractivity contribution is 5.88. The zero-order valence-corrected chi connectivity index (χ0v) is 18.1. The quantitative estimate of drug-likeness (QED) is 0.373. The number of nitrogens with two attached hydrogens (primary N) is 1. The Labute approximate surface area is 184 Å². The van der Waals surface area contributed by atoms with Gasteiger partial charge in [-0.2, -0.15) is 0 Å². The van der Waals surface area contributed by atoms with Crippen LogP contribution in [0, 0.1) is 17.8 Å². The van der Waals surface area contributed by atoms with Crippen LogP contribution in [0.1, 0.15) is 56.6 Å². The maximum Gasteiger partial charge on any atom is 0.330 e. The molecule has 4 aliphatic rings. The molecule has 0 spiro atoms. The summed E-state index contributed by atoms with van der Waals surface area (Å²) >= 11 is 0. The Morgan fingerprint density at radius 2 is 1.77 bits per heavy atom. The van der Waals surface area contributed by atoms with Gasteiger partial charge >= 0.3 is 5.97 Å². The van der Waals surface area contributed by atoms with Gasteiger partial charge in [-0.05, 0) is 104 Å². The van der Waals surface area contributed by atoms with Crippen LogP contribution < -0.4 is 5.73 Å². The lowest BCUT2D eigenvalue weighted by Crippen LogP contribution is -2.48. The predicted molar refractivity (Wildman–Crippen MR) is 123 cm³/mol. The van der Waals surface area contributed by atoms with Crippen LogP contribution in [0.3, 0.4) is 0 Å². The molecule has 31 heavy (non-hydrogen) atoms. The summed E-state index contributed by atoms with van der Waals surface area (Å²) in [4.78, 5) is 11.6. The Hall–Kier alpha value is -2.75. The number of benzene rings is 2. The van der Waals surface area contributed by atoms with Gasteiger partial charge in [-0.25, -0.2) is 4.79 Å². The molecule has 0 heterocycles. The van der Waals surface area contributed by atoms with Crippen molar-refractivity contribution in [1.29, 1.82) is 0 Å². The van der Waals surface area contributed by atoms with E-state index in [0.29, 0.717) is 18.0 Å². The number of ether oxygens (including phenoxy) is 1. The number of rotatable bonds is 5. The number of nitrogen functional groups attached to an aromatic ring is 1. The topological polar surface area (TPSA) is 72.5 Å². The van der Waals surface area contributed by atoms with Crippen LogP contribution in [0.5, 0.6) is 5.75 Å². The minimum Gasteiger partial charge on any atom is -0.508 e. The van der Waals surface area contributed by atoms with E-state index in [9.17, 15) is 9.90 Å². The highest BCUT2D eigenvalue weighted by Crippen LogP contribution is 2.62. The van der Waals surface area contributed by atoms with Crippen molar-refractivity contribution in [2.24, 2.45) is 17.8 Å². The molecule has 4 saturated carbocycles. The fourth-order valence-electron chi connectivity index (χ4n) is 6.87. The third kappa shape index (κ3) is 3.73. The van der Waals surface area contributed by atoms with Crippen LogP contribution in [0.2, 0.25) is 0 Å². The van der Waals surface area contributed by atoms with E-state index in [0.717, 1.165) is 40.0 Å². The smallest absolute Gasteiger partial charge is 0.330 e. The number of hydrogen-bond donors (Lipinski definition) is 2. The summed E-state index contributed by atoms with van der Waals surface area (Å²) in [5.74, 6) is 2.54. The fraction of sp³-hybridized carbons (Fsp3) is 0.444. The molecule has 2 aromatic carbocycles. The van der Waals surface area contributed by atoms with Crippen LogP contribution in [-0.4, -0.2) is 17.7 Å². The molecule has 4 fully saturated rings. The molecular formula is C27H31NO3. The highest BCUT2D eigenvalue weighted by atomic mass is 16.5. The van der Waals surface area contributed by atoms with Crippen molar-refractivity contribution >= 4 is 17.7 Å². The molecule has 2 aromatic rings. The number of anilines is 1. The molecule has 0 saturated heterocycles. The molecule has 0 aliphatic heterocycles. The summed E-state index contributed by atoms with van der Waals surface area (Å²) in [6.45, 7) is 2.14. The monoisotopic (exact) mass is 417 g/mol. The Morgan fingerprint density at radius 3 is 2.39 bits per heavy atom. The average Bonchev–Trinajstić information content (AvgIpc) is 2.72. The van der Waals surface area contributed by atoms with E-state index in [1.165, 1.54) is 44.6 Å². The van der Waals surface area contributed by atoms with Crippen LogP contribution >= 0.6 is 0 Å². The summed E-state index contributed by atoms with van der Waals surface area (Å²) in [6.07, 6.45) is 10.9. The van der Waals surface area contributed by atoms with E-state index in [4.69, 9.17) is 10.5 Å². The van der Waals surface area contributed by atoms with E-state index >= 15 is 0 Å². The molecule has 4 nitrogen and oxygen atoms in total. The van der Waals surface area contributed by atoms with Gasteiger partial charge < -0.3 is 15.6 Å². The van der Waals surface area contributed by atoms with Crippen molar-refractivity contribution < 1.29 is 14.6 Å². The lowest BCUT2D eigenvalue weighted by molar-refractivity contribution is -0.137. The van der Waals surface area contributed by atoms with E-state index in [1.54, 1.807) is 13.0 Å². The molecule has 0 atom stereocenters. The zero-order chi connectivity index (χ0) is 21.6. The summed E-state index contributed by atoms with van der Waals surface area (Å²) in [5, 5.41) is 10.8. The minimum atomic E-state index is -0.358. The molecule has 0 radical (unpaired) electrons. The van der Waals surface area contributed by atoms with Gasteiger partial charge in [0.25, 0.3) is 0 Å². The largest absolute Gasteiger partial charge is 0.508 e. The number of phenols is 1. The van der Waals surface area contributed by atoms with Gasteiger partial charge in [0.2, 0.25) is 0 Å². The SMILES string of the molecule is CCOC(=O)/C=C/c1ccc(-c2ccc(O)c(C34CC5CC(CC(C5)C3)C4)c2)c(N)c1. The zero-order valence-electron chi connectivity index (χ0n) is 18.1. The normalized spacial score (nSPS) is 28.9. The first kappa shape index (κ1) is 20.2. The third-order valence-corrected chi connectivity index (χ3v) is 7.69. The fourth-order valence-corrected chi connectivity index (χ4v) is 6.87. The molecule has 4 bridgehead atoms. The van der Waals surface area contributed by atoms with Crippen molar-refractivity contribution in [3.8, 4) is 16.9 Å². The minimum absolute atomic E-state index is 0.131. The average molecular weight is 418 g/mol. The van der Waals surface area contributed by atoms with E-state index in [1.807, 2.05) is 30.3 Å². The van der Waals surface area contributed by atoms with Gasteiger partial charge in [-0.1, -0.05) is 18.2 Å². The first-order chi connectivity index (χ1) is 15.0. The van der Waals surface area contributed by atoms with Crippen molar-refractivity contribution in [1.82, 2.24) is 0 Å². The number of esters is 1. The van der Waals surface area contributed by atoms with Gasteiger partial charge in [0.05, 0.1) is 6.61 Å². The third-order valence-electron chi connectivity index (χ3n) is 7.69. The first-order valence-corrected chi connectivity index (χ1v) is 11.5. The summed E-state index contributed by atoms with van der Waals surface area (Å²) in [7, 11) is 0. The second kappa shape index (κ2) is 7.74. The summed E-state index contributed by atoms with van der Waals surface area (Å²) in [5.41, 5.74) is 11.2. The Bertz CT molecular complexity index is 1000. The van der Waals surface area contributed by atoms with Gasteiger partial charge in [-0.3, -0.25) is 0 Å². The number of carbonyl (C=O) groups is 1. The molecule has 0 unspecified atom stereocenters. The maximum atomic E-state index is 11.6. The maximum absolute atomic E-state index is 11.6. The van der Waals surface area contributed by atoms with Crippen LogP contribution in [-0.2, 0) is 14.9 Å². The molecule has 0 aromatic heterocycles. The van der Waals surface area contributed by atoms with Crippen LogP contribution in [0.4, 0.5) is 5.69 Å². The Balaban J connectivity index is 1.45. The van der Waals surface area contributed by atoms with Crippen molar-refractivity contribution in [2.75, 3.05) is 12.3 Å². The van der Waals surface area contributed by atoms with Crippen molar-refractivity contribution in [3.05, 3.63) is 53.6 Å². The van der Waals surface area contributed by atoms with Gasteiger partial charge in [0, 0.05) is 22.9 Å². The van der Waals surface area contributed by atoms with Gasteiger partial charge in [-0.15, -0.1) is 0 Å². The van der Waals surface area contributed by atoms with E-state index in [2.05, 4.69) is 6.07 Å².